The number of benzene rings is 1. The summed E-state index contributed by atoms with van der Waals surface area (Å²) in [4.78, 5) is 11.9. The predicted octanol–water partition coefficient (Wildman–Crippen LogP) is 6.54. The molecule has 0 N–H and O–H groups in total. The second-order valence-corrected chi connectivity index (χ2v) is 13.5. The van der Waals surface area contributed by atoms with E-state index in [1.807, 2.05) is 24.3 Å². The van der Waals surface area contributed by atoms with E-state index in [0.717, 1.165) is 12.8 Å². The lowest BCUT2D eigenvalue weighted by atomic mass is 10.1. The molecule has 0 bridgehead atoms. The quantitative estimate of drug-likeness (QED) is 0.274. The molecule has 0 saturated heterocycles. The highest BCUT2D eigenvalue weighted by Crippen LogP contribution is 2.36. The van der Waals surface area contributed by atoms with Crippen LogP contribution in [0.2, 0.25) is 18.1 Å². The zero-order chi connectivity index (χ0) is 20.5. The Balaban J connectivity index is 2.34. The minimum absolute atomic E-state index is 0.240. The summed E-state index contributed by atoms with van der Waals surface area (Å²) in [6.07, 6.45) is 6.17. The molecule has 1 aromatic rings. The van der Waals surface area contributed by atoms with Gasteiger partial charge in [0.05, 0.1) is 12.2 Å². The van der Waals surface area contributed by atoms with Crippen LogP contribution < -0.4 is 0 Å². The van der Waals surface area contributed by atoms with Crippen LogP contribution in [0.3, 0.4) is 0 Å². The second-order valence-electron chi connectivity index (χ2n) is 8.65. The number of hydrogen-bond donors (Lipinski definition) is 0. The standard InChI is InChI=1S/C23H36O3Si/c1-19(16-17-25-22(24)21-14-9-8-10-15-21)12-11-13-20(2)18-26-27(6,7)23(3,4)5/h8-10,13-16H,11-12,17-18H2,1-7H3/b19-16+,20-13+. The van der Waals surface area contributed by atoms with E-state index in [0.29, 0.717) is 18.8 Å². The number of rotatable bonds is 9. The Labute approximate surface area is 166 Å². The van der Waals surface area contributed by atoms with Gasteiger partial charge in [-0.05, 0) is 63.0 Å². The van der Waals surface area contributed by atoms with E-state index in [-0.39, 0.29) is 11.0 Å². The van der Waals surface area contributed by atoms with E-state index in [4.69, 9.17) is 9.16 Å². The molecule has 1 rings (SSSR count). The Morgan fingerprint density at radius 3 is 2.26 bits per heavy atom. The third-order valence-corrected chi connectivity index (χ3v) is 9.63. The Kier molecular flexibility index (Phi) is 9.20. The van der Waals surface area contributed by atoms with E-state index < -0.39 is 8.32 Å². The van der Waals surface area contributed by atoms with Crippen molar-refractivity contribution in [2.24, 2.45) is 0 Å². The first-order valence-corrected chi connectivity index (χ1v) is 12.6. The van der Waals surface area contributed by atoms with Gasteiger partial charge in [0.15, 0.2) is 8.32 Å². The lowest BCUT2D eigenvalue weighted by molar-refractivity contribution is 0.0549. The molecule has 0 saturated carbocycles. The molecule has 1 aromatic carbocycles. The van der Waals surface area contributed by atoms with Gasteiger partial charge in [0.2, 0.25) is 0 Å². The number of allylic oxidation sites excluding steroid dienone is 2. The van der Waals surface area contributed by atoms with Crippen molar-refractivity contribution >= 4 is 14.3 Å². The van der Waals surface area contributed by atoms with Gasteiger partial charge in [0.1, 0.15) is 6.61 Å². The van der Waals surface area contributed by atoms with Gasteiger partial charge < -0.3 is 9.16 Å². The number of ether oxygens (including phenoxy) is 1. The van der Waals surface area contributed by atoms with Gasteiger partial charge in [-0.3, -0.25) is 0 Å². The first-order chi connectivity index (χ1) is 12.5. The van der Waals surface area contributed by atoms with Crippen molar-refractivity contribution in [1.82, 2.24) is 0 Å². The Hall–Kier alpha value is -1.65. The summed E-state index contributed by atoms with van der Waals surface area (Å²) < 4.78 is 11.5. The fourth-order valence-electron chi connectivity index (χ4n) is 2.14. The first kappa shape index (κ1) is 23.4. The molecule has 150 valence electrons. The number of carbonyl (C=O) groups excluding carboxylic acids is 1. The summed E-state index contributed by atoms with van der Waals surface area (Å²) in [6.45, 7) is 16.6. The van der Waals surface area contributed by atoms with Crippen LogP contribution in [0.15, 0.2) is 53.6 Å². The molecule has 0 atom stereocenters. The lowest BCUT2D eigenvalue weighted by Crippen LogP contribution is -2.41. The molecule has 0 aliphatic carbocycles. The lowest BCUT2D eigenvalue weighted by Gasteiger charge is -2.36. The summed E-state index contributed by atoms with van der Waals surface area (Å²) >= 11 is 0. The van der Waals surface area contributed by atoms with Crippen molar-refractivity contribution in [3.05, 3.63) is 59.2 Å². The molecule has 3 nitrogen and oxygen atoms in total. The fraction of sp³-hybridized carbons (Fsp3) is 0.522. The molecular formula is C23H36O3Si. The van der Waals surface area contributed by atoms with E-state index in [9.17, 15) is 4.79 Å². The summed E-state index contributed by atoms with van der Waals surface area (Å²) in [7, 11) is -1.69. The maximum Gasteiger partial charge on any atom is 0.338 e. The van der Waals surface area contributed by atoms with Gasteiger partial charge in [-0.15, -0.1) is 0 Å². The zero-order valence-electron chi connectivity index (χ0n) is 18.1. The van der Waals surface area contributed by atoms with Crippen LogP contribution in [-0.4, -0.2) is 27.5 Å². The van der Waals surface area contributed by atoms with Crippen LogP contribution in [0.5, 0.6) is 0 Å². The van der Waals surface area contributed by atoms with Gasteiger partial charge in [-0.25, -0.2) is 4.79 Å². The molecule has 0 aliphatic rings. The van der Waals surface area contributed by atoms with Gasteiger partial charge in [-0.2, -0.15) is 0 Å². The Morgan fingerprint density at radius 1 is 1.04 bits per heavy atom. The smallest absolute Gasteiger partial charge is 0.338 e. The number of esters is 1. The number of hydrogen-bond acceptors (Lipinski definition) is 3. The average molecular weight is 389 g/mol. The molecule has 0 heterocycles. The van der Waals surface area contributed by atoms with Crippen molar-refractivity contribution in [2.75, 3.05) is 13.2 Å². The topological polar surface area (TPSA) is 35.5 Å². The zero-order valence-corrected chi connectivity index (χ0v) is 19.1. The molecule has 0 aromatic heterocycles. The third kappa shape index (κ3) is 8.72. The van der Waals surface area contributed by atoms with Crippen molar-refractivity contribution in [1.29, 1.82) is 0 Å². The molecule has 0 aliphatic heterocycles. The highest BCUT2D eigenvalue weighted by atomic mass is 28.4. The van der Waals surface area contributed by atoms with E-state index >= 15 is 0 Å². The largest absolute Gasteiger partial charge is 0.458 e. The molecule has 4 heteroatoms. The molecular weight excluding hydrogens is 352 g/mol. The molecule has 27 heavy (non-hydrogen) atoms. The summed E-state index contributed by atoms with van der Waals surface area (Å²) in [5, 5.41) is 0.240. The highest BCUT2D eigenvalue weighted by molar-refractivity contribution is 6.74. The second kappa shape index (κ2) is 10.6. The van der Waals surface area contributed by atoms with Gasteiger partial charge in [0, 0.05) is 0 Å². The SMILES string of the molecule is C/C(=C\COC(=O)c1ccccc1)CC/C=C(\C)CO[Si](C)(C)C(C)(C)C. The molecule has 0 spiro atoms. The van der Waals surface area contributed by atoms with E-state index in [1.165, 1.54) is 11.1 Å². The highest BCUT2D eigenvalue weighted by Gasteiger charge is 2.36. The Morgan fingerprint density at radius 2 is 1.67 bits per heavy atom. The van der Waals surface area contributed by atoms with E-state index in [1.54, 1.807) is 12.1 Å². The average Bonchev–Trinajstić information content (AvgIpc) is 2.59. The number of carbonyl (C=O) groups is 1. The summed E-state index contributed by atoms with van der Waals surface area (Å²) in [5.41, 5.74) is 3.09. The van der Waals surface area contributed by atoms with Gasteiger partial charge in [-0.1, -0.05) is 56.2 Å². The van der Waals surface area contributed by atoms with Crippen molar-refractivity contribution < 1.29 is 14.0 Å². The molecule has 0 amide bonds. The normalized spacial score (nSPS) is 13.6. The van der Waals surface area contributed by atoms with Crippen LogP contribution in [0.25, 0.3) is 0 Å². The molecule has 0 radical (unpaired) electrons. The fourth-order valence-corrected chi connectivity index (χ4v) is 3.16. The van der Waals surface area contributed by atoms with Crippen molar-refractivity contribution in [3.63, 3.8) is 0 Å². The van der Waals surface area contributed by atoms with Gasteiger partial charge in [0.25, 0.3) is 0 Å². The van der Waals surface area contributed by atoms with Crippen LogP contribution >= 0.6 is 0 Å². The molecule has 0 unspecified atom stereocenters. The maximum atomic E-state index is 11.9. The monoisotopic (exact) mass is 388 g/mol. The minimum Gasteiger partial charge on any atom is -0.458 e. The predicted molar refractivity (Wildman–Crippen MR) is 117 cm³/mol. The Bertz CT molecular complexity index is 652. The van der Waals surface area contributed by atoms with Crippen LogP contribution in [0, 0.1) is 0 Å². The van der Waals surface area contributed by atoms with Gasteiger partial charge >= 0.3 is 5.97 Å². The van der Waals surface area contributed by atoms with Crippen molar-refractivity contribution in [2.45, 2.75) is 65.6 Å². The minimum atomic E-state index is -1.69. The van der Waals surface area contributed by atoms with Crippen molar-refractivity contribution in [3.8, 4) is 0 Å². The summed E-state index contributed by atoms with van der Waals surface area (Å²) in [5.74, 6) is -0.279. The molecule has 0 fully saturated rings. The first-order valence-electron chi connectivity index (χ1n) is 9.70. The third-order valence-electron chi connectivity index (χ3n) is 5.15. The van der Waals surface area contributed by atoms with E-state index in [2.05, 4.69) is 53.8 Å². The van der Waals surface area contributed by atoms with Crippen LogP contribution in [0.4, 0.5) is 0 Å². The van der Waals surface area contributed by atoms with Crippen LogP contribution in [0.1, 0.15) is 57.8 Å². The summed E-state index contributed by atoms with van der Waals surface area (Å²) in [6, 6.07) is 9.08. The van der Waals surface area contributed by atoms with Crippen LogP contribution in [-0.2, 0) is 9.16 Å². The maximum absolute atomic E-state index is 11.9.